The highest BCUT2D eigenvalue weighted by atomic mass is 79.9. The van der Waals surface area contributed by atoms with Crippen molar-refractivity contribution in [2.24, 2.45) is 5.10 Å². The highest BCUT2D eigenvalue weighted by Gasteiger charge is 2.10. The summed E-state index contributed by atoms with van der Waals surface area (Å²) < 4.78 is 11.6. The third-order valence-corrected chi connectivity index (χ3v) is 3.03. The molecule has 0 heterocycles. The zero-order valence-corrected chi connectivity index (χ0v) is 13.4. The second-order valence-electron chi connectivity index (χ2n) is 3.42. The Kier molecular flexibility index (Phi) is 6.58. The molecule has 1 aromatic rings. The minimum absolute atomic E-state index is 0.452. The van der Waals surface area contributed by atoms with Crippen molar-refractivity contribution in [3.63, 3.8) is 0 Å². The van der Waals surface area contributed by atoms with Gasteiger partial charge in [-0.2, -0.15) is 5.10 Å². The molecule has 0 spiro atoms. The van der Waals surface area contributed by atoms with Gasteiger partial charge >= 0.3 is 0 Å². The average Bonchev–Trinajstić information content (AvgIpc) is 2.41. The van der Waals surface area contributed by atoms with E-state index >= 15 is 0 Å². The predicted molar refractivity (Wildman–Crippen MR) is 84.3 cm³/mol. The fourth-order valence-electron chi connectivity index (χ4n) is 1.32. The monoisotopic (exact) mass is 345 g/mol. The second-order valence-corrected chi connectivity index (χ2v) is 4.68. The lowest BCUT2D eigenvalue weighted by Crippen LogP contribution is -2.28. The molecule has 19 heavy (non-hydrogen) atoms. The van der Waals surface area contributed by atoms with Crippen molar-refractivity contribution in [1.82, 2.24) is 10.7 Å². The predicted octanol–water partition coefficient (Wildman–Crippen LogP) is 2.28. The lowest BCUT2D eigenvalue weighted by atomic mass is 10.2. The molecule has 104 valence electrons. The van der Waals surface area contributed by atoms with Gasteiger partial charge in [-0.15, -0.1) is 0 Å². The SMILES string of the molecule is CCOc1c(Br)cc(/C=N\NC(=S)NC)cc1OC. The zero-order valence-electron chi connectivity index (χ0n) is 11.0. The van der Waals surface area contributed by atoms with E-state index in [0.717, 1.165) is 10.0 Å². The minimum atomic E-state index is 0.452. The van der Waals surface area contributed by atoms with E-state index in [-0.39, 0.29) is 0 Å². The van der Waals surface area contributed by atoms with Gasteiger partial charge in [-0.05, 0) is 52.8 Å². The van der Waals surface area contributed by atoms with E-state index in [1.165, 1.54) is 0 Å². The first-order chi connectivity index (χ1) is 9.12. The van der Waals surface area contributed by atoms with E-state index in [2.05, 4.69) is 31.8 Å². The summed E-state index contributed by atoms with van der Waals surface area (Å²) in [6.07, 6.45) is 1.65. The average molecular weight is 346 g/mol. The molecule has 1 rings (SSSR count). The van der Waals surface area contributed by atoms with E-state index in [4.69, 9.17) is 21.7 Å². The maximum absolute atomic E-state index is 5.51. The van der Waals surface area contributed by atoms with Crippen LogP contribution in [0.2, 0.25) is 0 Å². The van der Waals surface area contributed by atoms with E-state index in [0.29, 0.717) is 23.2 Å². The van der Waals surface area contributed by atoms with Crippen molar-refractivity contribution in [3.05, 3.63) is 22.2 Å². The van der Waals surface area contributed by atoms with E-state index in [1.54, 1.807) is 20.4 Å². The van der Waals surface area contributed by atoms with Crippen molar-refractivity contribution < 1.29 is 9.47 Å². The van der Waals surface area contributed by atoms with Crippen LogP contribution in [0.3, 0.4) is 0 Å². The summed E-state index contributed by atoms with van der Waals surface area (Å²) in [6, 6.07) is 3.73. The highest BCUT2D eigenvalue weighted by molar-refractivity contribution is 9.10. The number of hydrogen-bond donors (Lipinski definition) is 2. The van der Waals surface area contributed by atoms with E-state index in [1.807, 2.05) is 19.1 Å². The lowest BCUT2D eigenvalue weighted by molar-refractivity contribution is 0.309. The molecule has 0 atom stereocenters. The first kappa shape index (κ1) is 15.7. The maximum Gasteiger partial charge on any atom is 0.186 e. The summed E-state index contributed by atoms with van der Waals surface area (Å²) in [5.41, 5.74) is 3.54. The Bertz CT molecular complexity index is 480. The molecule has 1 aromatic carbocycles. The van der Waals surface area contributed by atoms with Crippen LogP contribution < -0.4 is 20.2 Å². The number of rotatable bonds is 5. The van der Waals surface area contributed by atoms with Crippen LogP contribution in [0.15, 0.2) is 21.7 Å². The number of hydrazone groups is 1. The van der Waals surface area contributed by atoms with Gasteiger partial charge in [0, 0.05) is 7.05 Å². The summed E-state index contributed by atoms with van der Waals surface area (Å²) in [4.78, 5) is 0. The third kappa shape index (κ3) is 4.68. The van der Waals surface area contributed by atoms with Gasteiger partial charge in [0.05, 0.1) is 24.4 Å². The molecule has 0 unspecified atom stereocenters. The molecule has 0 amide bonds. The van der Waals surface area contributed by atoms with Crippen LogP contribution in [0.1, 0.15) is 12.5 Å². The summed E-state index contributed by atoms with van der Waals surface area (Å²) in [5, 5.41) is 7.22. The summed E-state index contributed by atoms with van der Waals surface area (Å²) in [5.74, 6) is 1.33. The van der Waals surface area contributed by atoms with Crippen LogP contribution in [-0.4, -0.2) is 32.1 Å². The fraction of sp³-hybridized carbons (Fsp3) is 0.333. The molecule has 0 bridgehead atoms. The van der Waals surface area contributed by atoms with Gasteiger partial charge in [-0.3, -0.25) is 5.43 Å². The fourth-order valence-corrected chi connectivity index (χ4v) is 1.95. The van der Waals surface area contributed by atoms with E-state index < -0.39 is 0 Å². The Morgan fingerprint density at radius 1 is 1.53 bits per heavy atom. The van der Waals surface area contributed by atoms with Crippen LogP contribution in [-0.2, 0) is 0 Å². The van der Waals surface area contributed by atoms with Gasteiger partial charge in [-0.1, -0.05) is 0 Å². The number of ether oxygens (including phenoxy) is 2. The third-order valence-electron chi connectivity index (χ3n) is 2.15. The zero-order chi connectivity index (χ0) is 14.3. The number of thiocarbonyl (C=S) groups is 1. The van der Waals surface area contributed by atoms with Crippen LogP contribution in [0.5, 0.6) is 11.5 Å². The lowest BCUT2D eigenvalue weighted by Gasteiger charge is -2.12. The Morgan fingerprint density at radius 3 is 2.84 bits per heavy atom. The quantitative estimate of drug-likeness (QED) is 0.487. The molecule has 0 saturated carbocycles. The molecule has 0 aliphatic heterocycles. The second kappa shape index (κ2) is 7.96. The maximum atomic E-state index is 5.51. The largest absolute Gasteiger partial charge is 0.493 e. The molecule has 2 N–H and O–H groups in total. The van der Waals surface area contributed by atoms with Crippen molar-refractivity contribution >= 4 is 39.5 Å². The van der Waals surface area contributed by atoms with Gasteiger partial charge in [0.25, 0.3) is 0 Å². The summed E-state index contributed by atoms with van der Waals surface area (Å²) in [7, 11) is 3.32. The Hall–Kier alpha value is -1.34. The molecular formula is C12H16BrN3O2S. The molecule has 0 saturated heterocycles. The molecule has 5 nitrogen and oxygen atoms in total. The van der Waals surface area contributed by atoms with E-state index in [9.17, 15) is 0 Å². The minimum Gasteiger partial charge on any atom is -0.493 e. The smallest absolute Gasteiger partial charge is 0.186 e. The van der Waals surface area contributed by atoms with Gasteiger partial charge in [0.1, 0.15) is 0 Å². The number of nitrogens with zero attached hydrogens (tertiary/aromatic N) is 1. The molecular weight excluding hydrogens is 330 g/mol. The van der Waals surface area contributed by atoms with Gasteiger partial charge in [0.2, 0.25) is 0 Å². The molecule has 0 fully saturated rings. The first-order valence-electron chi connectivity index (χ1n) is 5.63. The highest BCUT2D eigenvalue weighted by Crippen LogP contribution is 2.36. The number of hydrogen-bond acceptors (Lipinski definition) is 4. The Labute approximate surface area is 126 Å². The van der Waals surface area contributed by atoms with Crippen LogP contribution in [0, 0.1) is 0 Å². The van der Waals surface area contributed by atoms with Gasteiger partial charge in [0.15, 0.2) is 16.6 Å². The first-order valence-corrected chi connectivity index (χ1v) is 6.83. The Balaban J connectivity index is 2.92. The molecule has 0 aromatic heterocycles. The standard InChI is InChI=1S/C12H16BrN3O2S/c1-4-18-11-9(13)5-8(6-10(11)17-3)7-15-16-12(19)14-2/h5-7H,4H2,1-3H3,(H2,14,16,19)/b15-7-. The van der Waals surface area contributed by atoms with Crippen molar-refractivity contribution in [3.8, 4) is 11.5 Å². The van der Waals surface area contributed by atoms with Crippen LogP contribution >= 0.6 is 28.1 Å². The Morgan fingerprint density at radius 2 is 2.26 bits per heavy atom. The normalized spacial score (nSPS) is 10.3. The van der Waals surface area contributed by atoms with Crippen LogP contribution in [0.25, 0.3) is 0 Å². The number of nitrogens with one attached hydrogen (secondary N) is 2. The number of benzene rings is 1. The van der Waals surface area contributed by atoms with Gasteiger partial charge < -0.3 is 14.8 Å². The number of methoxy groups -OCH3 is 1. The van der Waals surface area contributed by atoms with Gasteiger partial charge in [-0.25, -0.2) is 0 Å². The van der Waals surface area contributed by atoms with Crippen molar-refractivity contribution in [2.75, 3.05) is 20.8 Å². The van der Waals surface area contributed by atoms with Crippen molar-refractivity contribution in [2.45, 2.75) is 6.92 Å². The summed E-state index contributed by atoms with van der Waals surface area (Å²) >= 11 is 8.36. The number of halogens is 1. The molecule has 0 aliphatic rings. The summed E-state index contributed by atoms with van der Waals surface area (Å²) in [6.45, 7) is 2.49. The molecule has 0 radical (unpaired) electrons. The molecule has 7 heteroatoms. The molecule has 0 aliphatic carbocycles. The van der Waals surface area contributed by atoms with Crippen molar-refractivity contribution in [1.29, 1.82) is 0 Å². The van der Waals surface area contributed by atoms with Crippen LogP contribution in [0.4, 0.5) is 0 Å². The topological polar surface area (TPSA) is 54.9 Å².